The Kier molecular flexibility index (Phi) is 10.8. The van der Waals surface area contributed by atoms with Crippen molar-refractivity contribution in [2.45, 2.75) is 19.6 Å². The lowest BCUT2D eigenvalue weighted by atomic mass is 9.99. The summed E-state index contributed by atoms with van der Waals surface area (Å²) in [6.45, 7) is 1.73. The molecule has 5 N–H and O–H groups in total. The molecule has 0 radical (unpaired) electrons. The Bertz CT molecular complexity index is 1170. The first-order valence-electron chi connectivity index (χ1n) is 11.0. The molecular formula is C26H28ClF2N3O4. The Hall–Kier alpha value is -3.53. The van der Waals surface area contributed by atoms with Crippen LogP contribution in [0.15, 0.2) is 60.7 Å². The highest BCUT2D eigenvalue weighted by atomic mass is 35.5. The number of nitrogen functional groups attached to an aromatic ring is 1. The number of rotatable bonds is 11. The number of benzene rings is 3. The lowest BCUT2D eigenvalue weighted by Crippen LogP contribution is -2.31. The van der Waals surface area contributed by atoms with Crippen molar-refractivity contribution in [2.24, 2.45) is 5.73 Å². The van der Waals surface area contributed by atoms with Crippen LogP contribution in [-0.2, 0) is 16.1 Å². The highest BCUT2D eigenvalue weighted by Crippen LogP contribution is 2.31. The van der Waals surface area contributed by atoms with Crippen molar-refractivity contribution in [3.8, 4) is 16.9 Å². The number of halogens is 3. The van der Waals surface area contributed by atoms with Crippen molar-refractivity contribution in [3.05, 3.63) is 89.0 Å². The van der Waals surface area contributed by atoms with Gasteiger partial charge in [0.1, 0.15) is 29.8 Å². The predicted molar refractivity (Wildman–Crippen MR) is 135 cm³/mol. The maximum atomic E-state index is 15.1. The Morgan fingerprint density at radius 2 is 1.75 bits per heavy atom. The molecule has 0 saturated heterocycles. The first kappa shape index (κ1) is 28.7. The van der Waals surface area contributed by atoms with E-state index in [0.717, 1.165) is 17.7 Å². The number of hydrogen-bond donors (Lipinski definition) is 4. The number of ether oxygens (including phenoxy) is 2. The van der Waals surface area contributed by atoms with E-state index in [1.165, 1.54) is 0 Å². The van der Waals surface area contributed by atoms with Crippen LogP contribution in [0.5, 0.6) is 5.75 Å². The molecule has 36 heavy (non-hydrogen) atoms. The minimum atomic E-state index is -1.48. The summed E-state index contributed by atoms with van der Waals surface area (Å²) in [5, 5.41) is 19.0. The van der Waals surface area contributed by atoms with Gasteiger partial charge in [-0.3, -0.25) is 10.2 Å². The predicted octanol–water partition coefficient (Wildman–Crippen LogP) is 4.10. The summed E-state index contributed by atoms with van der Waals surface area (Å²) in [6, 6.07) is 15.6. The summed E-state index contributed by atoms with van der Waals surface area (Å²) in [7, 11) is 0. The van der Waals surface area contributed by atoms with Crippen LogP contribution in [0, 0.1) is 17.0 Å². The molecular weight excluding hydrogens is 492 g/mol. The lowest BCUT2D eigenvalue weighted by molar-refractivity contribution is -0.133. The molecule has 1 atom stereocenters. The molecule has 0 aliphatic carbocycles. The number of amidine groups is 1. The second-order valence-corrected chi connectivity index (χ2v) is 7.62. The van der Waals surface area contributed by atoms with Crippen molar-refractivity contribution >= 4 is 24.1 Å². The highest BCUT2D eigenvalue weighted by molar-refractivity contribution is 5.94. The van der Waals surface area contributed by atoms with Crippen LogP contribution in [0.1, 0.15) is 29.7 Å². The summed E-state index contributed by atoms with van der Waals surface area (Å²) in [6.07, 6.45) is -1.48. The van der Waals surface area contributed by atoms with E-state index < -0.39 is 29.2 Å². The molecule has 0 fully saturated rings. The second-order valence-electron chi connectivity index (χ2n) is 7.62. The smallest absolute Gasteiger partial charge is 0.254 e. The molecule has 10 heteroatoms. The topological polar surface area (TPSA) is 118 Å². The molecule has 1 amide bonds. The number of aliphatic hydroxyl groups excluding tert-OH is 1. The second kappa shape index (κ2) is 13.5. The molecule has 3 aromatic carbocycles. The van der Waals surface area contributed by atoms with Crippen molar-refractivity contribution < 1.29 is 28.2 Å². The fourth-order valence-electron chi connectivity index (χ4n) is 3.47. The third-order valence-corrected chi connectivity index (χ3v) is 5.17. The number of nitrogens with two attached hydrogens (primary N) is 1. The average Bonchev–Trinajstić information content (AvgIpc) is 2.85. The van der Waals surface area contributed by atoms with Gasteiger partial charge >= 0.3 is 0 Å². The molecule has 0 bridgehead atoms. The highest BCUT2D eigenvalue weighted by Gasteiger charge is 2.28. The zero-order chi connectivity index (χ0) is 25.4. The number of carbonyl (C=O) groups excluding carboxylic acids is 1. The first-order valence-corrected chi connectivity index (χ1v) is 11.0. The van der Waals surface area contributed by atoms with Crippen molar-refractivity contribution in [1.29, 1.82) is 5.41 Å². The third kappa shape index (κ3) is 7.24. The SMILES string of the molecule is CCOC(C(=O)NCc1ccc(C(=N)N)cc1)c1c(F)cc(-c2cccc(OCCO)c2)cc1F.Cl. The minimum absolute atomic E-state index is 0. The van der Waals surface area contributed by atoms with Crippen LogP contribution in [0.25, 0.3) is 11.1 Å². The standard InChI is InChI=1S/C26H27F2N3O4.ClH/c1-2-34-24(26(33)31-15-16-6-8-17(9-7-16)25(29)30)23-21(27)13-19(14-22(23)28)18-4-3-5-20(12-18)35-11-10-32;/h3-9,12-14,24,32H,2,10-11,15H2,1H3,(H3,29,30)(H,31,33);1H. The summed E-state index contributed by atoms with van der Waals surface area (Å²) in [5.74, 6) is -2.14. The largest absolute Gasteiger partial charge is 0.491 e. The maximum absolute atomic E-state index is 15.1. The quantitative estimate of drug-likeness (QED) is 0.225. The molecule has 3 aromatic rings. The van der Waals surface area contributed by atoms with E-state index in [1.807, 2.05) is 0 Å². The lowest BCUT2D eigenvalue weighted by Gasteiger charge is -2.19. The van der Waals surface area contributed by atoms with Gasteiger partial charge in [0, 0.05) is 18.7 Å². The molecule has 192 valence electrons. The molecule has 0 aliphatic heterocycles. The van der Waals surface area contributed by atoms with Gasteiger partial charge in [0.05, 0.1) is 12.2 Å². The Balaban J connectivity index is 0.00000456. The number of carbonyl (C=O) groups is 1. The van der Waals surface area contributed by atoms with Crippen molar-refractivity contribution in [2.75, 3.05) is 19.8 Å². The summed E-state index contributed by atoms with van der Waals surface area (Å²) < 4.78 is 41.0. The Morgan fingerprint density at radius 1 is 1.08 bits per heavy atom. The molecule has 0 saturated carbocycles. The molecule has 1 unspecified atom stereocenters. The van der Waals surface area contributed by atoms with Crippen molar-refractivity contribution in [3.63, 3.8) is 0 Å². The van der Waals surface area contributed by atoms with E-state index in [1.54, 1.807) is 55.5 Å². The van der Waals surface area contributed by atoms with Gasteiger partial charge in [-0.2, -0.15) is 0 Å². The van der Waals surface area contributed by atoms with Gasteiger partial charge in [-0.05, 0) is 47.9 Å². The summed E-state index contributed by atoms with van der Waals surface area (Å²) >= 11 is 0. The fraction of sp³-hybridized carbons (Fsp3) is 0.231. The number of nitrogens with one attached hydrogen (secondary N) is 2. The molecule has 3 rings (SSSR count). The van der Waals surface area contributed by atoms with Gasteiger partial charge in [0.25, 0.3) is 5.91 Å². The van der Waals surface area contributed by atoms with Crippen LogP contribution < -0.4 is 15.8 Å². The van der Waals surface area contributed by atoms with E-state index in [9.17, 15) is 4.79 Å². The van der Waals surface area contributed by atoms with Gasteiger partial charge in [0.2, 0.25) is 0 Å². The first-order chi connectivity index (χ1) is 16.8. The van der Waals surface area contributed by atoms with Gasteiger partial charge in [-0.1, -0.05) is 36.4 Å². The maximum Gasteiger partial charge on any atom is 0.254 e. The average molecular weight is 520 g/mol. The van der Waals surface area contributed by atoms with E-state index in [2.05, 4.69) is 5.32 Å². The number of aliphatic hydroxyl groups is 1. The zero-order valence-electron chi connectivity index (χ0n) is 19.6. The van der Waals surface area contributed by atoms with Gasteiger partial charge in [-0.15, -0.1) is 12.4 Å². The molecule has 7 nitrogen and oxygen atoms in total. The third-order valence-electron chi connectivity index (χ3n) is 5.17. The zero-order valence-corrected chi connectivity index (χ0v) is 20.4. The van der Waals surface area contributed by atoms with E-state index >= 15 is 8.78 Å². The van der Waals surface area contributed by atoms with Gasteiger partial charge in [0.15, 0.2) is 6.10 Å². The van der Waals surface area contributed by atoms with E-state index in [-0.39, 0.29) is 50.2 Å². The van der Waals surface area contributed by atoms with Crippen LogP contribution >= 0.6 is 12.4 Å². The van der Waals surface area contributed by atoms with Crippen LogP contribution in [0.4, 0.5) is 8.78 Å². The van der Waals surface area contributed by atoms with Gasteiger partial charge in [-0.25, -0.2) is 8.78 Å². The number of hydrogen-bond acceptors (Lipinski definition) is 5. The van der Waals surface area contributed by atoms with Crippen molar-refractivity contribution in [1.82, 2.24) is 5.32 Å². The minimum Gasteiger partial charge on any atom is -0.491 e. The van der Waals surface area contributed by atoms with Crippen LogP contribution in [0.2, 0.25) is 0 Å². The normalized spacial score (nSPS) is 11.3. The Morgan fingerprint density at radius 3 is 2.33 bits per heavy atom. The summed E-state index contributed by atoms with van der Waals surface area (Å²) in [5.41, 5.74) is 7.00. The van der Waals surface area contributed by atoms with E-state index in [4.69, 9.17) is 25.7 Å². The van der Waals surface area contributed by atoms with Crippen LogP contribution in [0.3, 0.4) is 0 Å². The van der Waals surface area contributed by atoms with Gasteiger partial charge < -0.3 is 25.6 Å². The summed E-state index contributed by atoms with van der Waals surface area (Å²) in [4.78, 5) is 12.8. The molecule has 0 spiro atoms. The molecule has 0 aromatic heterocycles. The fourth-order valence-corrected chi connectivity index (χ4v) is 3.47. The monoisotopic (exact) mass is 519 g/mol. The molecule has 0 heterocycles. The number of amides is 1. The van der Waals surface area contributed by atoms with Crippen LogP contribution in [-0.4, -0.2) is 36.7 Å². The molecule has 0 aliphatic rings. The van der Waals surface area contributed by atoms with E-state index in [0.29, 0.717) is 16.9 Å². The Labute approximate surface area is 214 Å².